The average Bonchev–Trinajstić information content (AvgIpc) is 2.92. The van der Waals surface area contributed by atoms with Crippen LogP contribution in [-0.2, 0) is 13.5 Å². The molecule has 3 nitrogen and oxygen atoms in total. The fourth-order valence-corrected chi connectivity index (χ4v) is 3.77. The quantitative estimate of drug-likeness (QED) is 0.848. The molecule has 1 aromatic heterocycles. The maximum atomic E-state index is 4.21. The lowest BCUT2D eigenvalue weighted by atomic mass is 9.94. The van der Waals surface area contributed by atoms with E-state index in [1.54, 1.807) is 0 Å². The topological polar surface area (TPSA) is 29.9 Å². The molecule has 1 aromatic rings. The number of rotatable bonds is 5. The molecule has 2 unspecified atom stereocenters. The van der Waals surface area contributed by atoms with Gasteiger partial charge in [0.25, 0.3) is 0 Å². The Balaban J connectivity index is 1.85. The van der Waals surface area contributed by atoms with Crippen LogP contribution in [0.15, 0.2) is 12.3 Å². The lowest BCUT2D eigenvalue weighted by Gasteiger charge is -2.22. The molecule has 0 aliphatic carbocycles. The fourth-order valence-electron chi connectivity index (χ4n) is 2.44. The summed E-state index contributed by atoms with van der Waals surface area (Å²) < 4.78 is 1.98. The zero-order valence-electron chi connectivity index (χ0n) is 10.1. The molecule has 2 rings (SSSR count). The van der Waals surface area contributed by atoms with E-state index in [2.05, 4.69) is 35.3 Å². The van der Waals surface area contributed by atoms with Crippen molar-refractivity contribution in [1.29, 1.82) is 0 Å². The highest BCUT2D eigenvalue weighted by Gasteiger charge is 2.23. The Bertz CT molecular complexity index is 318. The minimum absolute atomic E-state index is 0.671. The average molecular weight is 239 g/mol. The van der Waals surface area contributed by atoms with Gasteiger partial charge in [-0.15, -0.1) is 0 Å². The van der Waals surface area contributed by atoms with E-state index in [4.69, 9.17) is 0 Å². The van der Waals surface area contributed by atoms with Crippen LogP contribution in [0.3, 0.4) is 0 Å². The summed E-state index contributed by atoms with van der Waals surface area (Å²) >= 11 is 2.09. The Hall–Kier alpha value is -0.480. The van der Waals surface area contributed by atoms with Crippen molar-refractivity contribution < 1.29 is 0 Å². The summed E-state index contributed by atoms with van der Waals surface area (Å²) in [4.78, 5) is 0. The largest absolute Gasteiger partial charge is 0.317 e. The Morgan fingerprint density at radius 1 is 1.69 bits per heavy atom. The molecule has 0 amide bonds. The summed E-state index contributed by atoms with van der Waals surface area (Å²) in [6, 6.07) is 2.79. The smallest absolute Gasteiger partial charge is 0.0492 e. The number of hydrogen-bond donors (Lipinski definition) is 1. The van der Waals surface area contributed by atoms with Gasteiger partial charge in [0.2, 0.25) is 0 Å². The van der Waals surface area contributed by atoms with E-state index in [1.165, 1.54) is 30.0 Å². The van der Waals surface area contributed by atoms with Crippen molar-refractivity contribution in [2.24, 2.45) is 13.0 Å². The molecule has 0 spiro atoms. The number of hydrogen-bond acceptors (Lipinski definition) is 3. The van der Waals surface area contributed by atoms with E-state index in [9.17, 15) is 0 Å². The molecule has 1 fully saturated rings. The SMILES string of the molecule is CNC(CCc1ccnn1C)C1CCSC1. The third-order valence-corrected chi connectivity index (χ3v) is 4.73. The van der Waals surface area contributed by atoms with Gasteiger partial charge in [-0.2, -0.15) is 16.9 Å². The molecule has 0 bridgehead atoms. The number of aromatic nitrogens is 2. The number of thioether (sulfide) groups is 1. The van der Waals surface area contributed by atoms with E-state index in [-0.39, 0.29) is 0 Å². The second-order valence-corrected chi connectivity index (χ2v) is 5.65. The fraction of sp³-hybridized carbons (Fsp3) is 0.750. The molecule has 0 radical (unpaired) electrons. The van der Waals surface area contributed by atoms with E-state index in [1.807, 2.05) is 17.9 Å². The van der Waals surface area contributed by atoms with Crippen molar-refractivity contribution >= 4 is 11.8 Å². The van der Waals surface area contributed by atoms with Crippen molar-refractivity contribution in [3.05, 3.63) is 18.0 Å². The monoisotopic (exact) mass is 239 g/mol. The molecule has 1 aliphatic rings. The Morgan fingerprint density at radius 2 is 2.56 bits per heavy atom. The number of nitrogens with zero attached hydrogens (tertiary/aromatic N) is 2. The minimum atomic E-state index is 0.671. The molecule has 1 N–H and O–H groups in total. The third kappa shape index (κ3) is 2.80. The van der Waals surface area contributed by atoms with Crippen LogP contribution in [0, 0.1) is 5.92 Å². The second kappa shape index (κ2) is 5.73. The molecule has 2 heterocycles. The molecule has 0 aromatic carbocycles. The molecule has 16 heavy (non-hydrogen) atoms. The van der Waals surface area contributed by atoms with Crippen LogP contribution in [0.1, 0.15) is 18.5 Å². The van der Waals surface area contributed by atoms with E-state index >= 15 is 0 Å². The van der Waals surface area contributed by atoms with Gasteiger partial charge in [0.1, 0.15) is 0 Å². The molecule has 2 atom stereocenters. The predicted molar refractivity (Wildman–Crippen MR) is 69.8 cm³/mol. The first-order chi connectivity index (χ1) is 7.81. The first-order valence-electron chi connectivity index (χ1n) is 6.03. The van der Waals surface area contributed by atoms with Crippen LogP contribution < -0.4 is 5.32 Å². The Labute approximate surface area is 102 Å². The highest BCUT2D eigenvalue weighted by Crippen LogP contribution is 2.27. The van der Waals surface area contributed by atoms with E-state index < -0.39 is 0 Å². The molecular weight excluding hydrogens is 218 g/mol. The highest BCUT2D eigenvalue weighted by molar-refractivity contribution is 7.99. The van der Waals surface area contributed by atoms with Crippen molar-refractivity contribution in [2.75, 3.05) is 18.6 Å². The van der Waals surface area contributed by atoms with Crippen molar-refractivity contribution in [1.82, 2.24) is 15.1 Å². The molecule has 1 aliphatic heterocycles. The number of aryl methyl sites for hydroxylation is 2. The van der Waals surface area contributed by atoms with Gasteiger partial charge >= 0.3 is 0 Å². The van der Waals surface area contributed by atoms with Crippen LogP contribution in [0.4, 0.5) is 0 Å². The first-order valence-corrected chi connectivity index (χ1v) is 7.18. The molecule has 90 valence electrons. The summed E-state index contributed by atoms with van der Waals surface area (Å²) in [7, 11) is 4.12. The molecule has 0 saturated carbocycles. The van der Waals surface area contributed by atoms with Gasteiger partial charge < -0.3 is 5.32 Å². The van der Waals surface area contributed by atoms with Gasteiger partial charge in [-0.3, -0.25) is 4.68 Å². The van der Waals surface area contributed by atoms with Crippen LogP contribution in [-0.4, -0.2) is 34.4 Å². The zero-order chi connectivity index (χ0) is 11.4. The Kier molecular flexibility index (Phi) is 4.29. The maximum Gasteiger partial charge on any atom is 0.0492 e. The summed E-state index contributed by atoms with van der Waals surface area (Å²) in [6.07, 6.45) is 5.61. The van der Waals surface area contributed by atoms with Gasteiger partial charge in [0, 0.05) is 25.0 Å². The van der Waals surface area contributed by atoms with Gasteiger partial charge in [0.05, 0.1) is 0 Å². The maximum absolute atomic E-state index is 4.21. The lowest BCUT2D eigenvalue weighted by molar-refractivity contribution is 0.381. The van der Waals surface area contributed by atoms with Crippen LogP contribution in [0.2, 0.25) is 0 Å². The molecular formula is C12H21N3S. The van der Waals surface area contributed by atoms with Crippen LogP contribution >= 0.6 is 11.8 Å². The summed E-state index contributed by atoms with van der Waals surface area (Å²) in [5.74, 6) is 3.54. The Morgan fingerprint density at radius 3 is 3.12 bits per heavy atom. The summed E-state index contributed by atoms with van der Waals surface area (Å²) in [6.45, 7) is 0. The molecule has 1 saturated heterocycles. The van der Waals surface area contributed by atoms with Crippen LogP contribution in [0.5, 0.6) is 0 Å². The van der Waals surface area contributed by atoms with Crippen molar-refractivity contribution in [3.8, 4) is 0 Å². The second-order valence-electron chi connectivity index (χ2n) is 4.50. The van der Waals surface area contributed by atoms with E-state index in [0.717, 1.165) is 12.3 Å². The van der Waals surface area contributed by atoms with Gasteiger partial charge in [-0.1, -0.05) is 0 Å². The highest BCUT2D eigenvalue weighted by atomic mass is 32.2. The van der Waals surface area contributed by atoms with Crippen LogP contribution in [0.25, 0.3) is 0 Å². The first kappa shape index (κ1) is 12.0. The third-order valence-electron chi connectivity index (χ3n) is 3.54. The standard InChI is InChI=1S/C12H21N3S/c1-13-12(10-6-8-16-9-10)4-3-11-5-7-14-15(11)2/h5,7,10,12-13H,3-4,6,8-9H2,1-2H3. The van der Waals surface area contributed by atoms with E-state index in [0.29, 0.717) is 6.04 Å². The van der Waals surface area contributed by atoms with Crippen molar-refractivity contribution in [3.63, 3.8) is 0 Å². The number of nitrogens with one attached hydrogen (secondary N) is 1. The minimum Gasteiger partial charge on any atom is -0.317 e. The summed E-state index contributed by atoms with van der Waals surface area (Å²) in [5, 5.41) is 7.69. The van der Waals surface area contributed by atoms with Gasteiger partial charge in [-0.25, -0.2) is 0 Å². The summed E-state index contributed by atoms with van der Waals surface area (Å²) in [5.41, 5.74) is 1.34. The predicted octanol–water partition coefficient (Wildman–Crippen LogP) is 1.69. The van der Waals surface area contributed by atoms with Gasteiger partial charge in [-0.05, 0) is 49.8 Å². The zero-order valence-corrected chi connectivity index (χ0v) is 11.0. The molecule has 4 heteroatoms. The van der Waals surface area contributed by atoms with Crippen molar-refractivity contribution in [2.45, 2.75) is 25.3 Å². The normalized spacial score (nSPS) is 22.5. The lowest BCUT2D eigenvalue weighted by Crippen LogP contribution is -2.34. The van der Waals surface area contributed by atoms with Gasteiger partial charge in [0.15, 0.2) is 0 Å².